The Morgan fingerprint density at radius 2 is 1.84 bits per heavy atom. The van der Waals surface area contributed by atoms with Gasteiger partial charge in [-0.25, -0.2) is 0 Å². The van der Waals surface area contributed by atoms with Crippen molar-refractivity contribution >= 4 is 11.8 Å². The number of rotatable bonds is 4. The van der Waals surface area contributed by atoms with Crippen molar-refractivity contribution in [3.8, 4) is 11.5 Å². The topological polar surface area (TPSA) is 68.3 Å². The first-order valence-corrected chi connectivity index (χ1v) is 8.41. The number of ether oxygens (including phenoxy) is 3. The summed E-state index contributed by atoms with van der Waals surface area (Å²) < 4.78 is 16.0. The maximum atomic E-state index is 13.0. The van der Waals surface area contributed by atoms with Gasteiger partial charge in [-0.05, 0) is 17.7 Å². The maximum absolute atomic E-state index is 13.0. The van der Waals surface area contributed by atoms with E-state index in [9.17, 15) is 9.59 Å². The molecule has 2 aliphatic heterocycles. The Hall–Kier alpha value is -2.28. The van der Waals surface area contributed by atoms with Crippen LogP contribution in [0.25, 0.3) is 0 Å². The Morgan fingerprint density at radius 3 is 2.48 bits per heavy atom. The quantitative estimate of drug-likeness (QED) is 0.815. The second-order valence-corrected chi connectivity index (χ2v) is 6.31. The fraction of sp³-hybridized carbons (Fsp3) is 0.556. The van der Waals surface area contributed by atoms with Crippen molar-refractivity contribution in [3.05, 3.63) is 23.8 Å². The predicted molar refractivity (Wildman–Crippen MR) is 90.6 cm³/mol. The SMILES string of the molecule is COc1ccc(C2C(C(=O)N3CCOCC3)CC(=O)N2C)cc1OC. The second-order valence-electron chi connectivity index (χ2n) is 6.31. The fourth-order valence-electron chi connectivity index (χ4n) is 3.60. The van der Waals surface area contributed by atoms with Crippen LogP contribution in [0.1, 0.15) is 18.0 Å². The van der Waals surface area contributed by atoms with Crippen LogP contribution < -0.4 is 9.47 Å². The number of amides is 2. The fourth-order valence-corrected chi connectivity index (χ4v) is 3.60. The Kier molecular flexibility index (Phi) is 5.13. The van der Waals surface area contributed by atoms with Gasteiger partial charge in [-0.15, -0.1) is 0 Å². The van der Waals surface area contributed by atoms with E-state index in [0.29, 0.717) is 37.8 Å². The second kappa shape index (κ2) is 7.31. The van der Waals surface area contributed by atoms with Crippen molar-refractivity contribution in [1.82, 2.24) is 9.80 Å². The summed E-state index contributed by atoms with van der Waals surface area (Å²) in [5.74, 6) is 0.806. The van der Waals surface area contributed by atoms with Gasteiger partial charge in [0.25, 0.3) is 0 Å². The van der Waals surface area contributed by atoms with Crippen molar-refractivity contribution in [2.75, 3.05) is 47.6 Å². The van der Waals surface area contributed by atoms with Gasteiger partial charge in [0.1, 0.15) is 0 Å². The number of likely N-dealkylation sites (tertiary alicyclic amines) is 1. The van der Waals surface area contributed by atoms with Crippen LogP contribution in [-0.2, 0) is 14.3 Å². The molecule has 136 valence electrons. The minimum Gasteiger partial charge on any atom is -0.493 e. The van der Waals surface area contributed by atoms with E-state index in [4.69, 9.17) is 14.2 Å². The molecule has 0 radical (unpaired) electrons. The highest BCUT2D eigenvalue weighted by Crippen LogP contribution is 2.41. The minimum absolute atomic E-state index is 0.0146. The van der Waals surface area contributed by atoms with Crippen LogP contribution >= 0.6 is 0 Å². The number of carbonyl (C=O) groups is 2. The summed E-state index contributed by atoms with van der Waals surface area (Å²) in [6.07, 6.45) is 0.228. The van der Waals surface area contributed by atoms with E-state index < -0.39 is 5.92 Å². The van der Waals surface area contributed by atoms with Gasteiger partial charge < -0.3 is 24.0 Å². The summed E-state index contributed by atoms with van der Waals surface area (Å²) in [5.41, 5.74) is 0.873. The zero-order chi connectivity index (χ0) is 18.0. The van der Waals surface area contributed by atoms with E-state index in [1.54, 1.807) is 37.1 Å². The van der Waals surface area contributed by atoms with Crippen LogP contribution in [0.3, 0.4) is 0 Å². The number of hydrogen-bond donors (Lipinski definition) is 0. The van der Waals surface area contributed by atoms with E-state index in [1.165, 1.54) is 0 Å². The molecular formula is C18H24N2O5. The normalized spacial score (nSPS) is 23.7. The zero-order valence-electron chi connectivity index (χ0n) is 14.9. The Labute approximate surface area is 147 Å². The minimum atomic E-state index is -0.395. The number of methoxy groups -OCH3 is 2. The molecule has 2 saturated heterocycles. The predicted octanol–water partition coefficient (Wildman–Crippen LogP) is 1.08. The summed E-state index contributed by atoms with van der Waals surface area (Å²) in [6.45, 7) is 2.24. The van der Waals surface area contributed by atoms with Crippen LogP contribution in [0.2, 0.25) is 0 Å². The van der Waals surface area contributed by atoms with Gasteiger partial charge in [-0.3, -0.25) is 9.59 Å². The first-order valence-electron chi connectivity index (χ1n) is 8.41. The Bertz CT molecular complexity index is 657. The third kappa shape index (κ3) is 3.28. The highest BCUT2D eigenvalue weighted by molar-refractivity contribution is 5.90. The number of hydrogen-bond acceptors (Lipinski definition) is 5. The van der Waals surface area contributed by atoms with Gasteiger partial charge in [0.05, 0.1) is 39.4 Å². The number of morpholine rings is 1. The van der Waals surface area contributed by atoms with Crippen molar-refractivity contribution < 1.29 is 23.8 Å². The van der Waals surface area contributed by atoms with E-state index >= 15 is 0 Å². The molecule has 0 saturated carbocycles. The average Bonchev–Trinajstić information content (AvgIpc) is 2.96. The molecule has 0 aromatic heterocycles. The Balaban J connectivity index is 1.91. The maximum Gasteiger partial charge on any atom is 0.228 e. The molecule has 2 atom stereocenters. The summed E-state index contributed by atoms with van der Waals surface area (Å²) >= 11 is 0. The molecule has 7 heteroatoms. The van der Waals surface area contributed by atoms with Crippen LogP contribution in [0.4, 0.5) is 0 Å². The molecule has 0 aliphatic carbocycles. The first kappa shape index (κ1) is 17.5. The summed E-state index contributed by atoms with van der Waals surface area (Å²) in [7, 11) is 4.89. The number of benzene rings is 1. The number of nitrogens with zero attached hydrogens (tertiary/aromatic N) is 2. The van der Waals surface area contributed by atoms with Crippen molar-refractivity contribution in [3.63, 3.8) is 0 Å². The van der Waals surface area contributed by atoms with Gasteiger partial charge >= 0.3 is 0 Å². The standard InChI is InChI=1S/C18H24N2O5/c1-19-16(21)11-13(18(22)20-6-8-25-9-7-20)17(19)12-4-5-14(23-2)15(10-12)24-3/h4-5,10,13,17H,6-9,11H2,1-3H3. The average molecular weight is 348 g/mol. The largest absolute Gasteiger partial charge is 0.493 e. The molecule has 7 nitrogen and oxygen atoms in total. The molecule has 2 aliphatic rings. The molecule has 1 aromatic carbocycles. The molecule has 0 N–H and O–H groups in total. The molecule has 0 bridgehead atoms. The van der Waals surface area contributed by atoms with Crippen LogP contribution in [0.15, 0.2) is 18.2 Å². The zero-order valence-corrected chi connectivity index (χ0v) is 14.9. The highest BCUT2D eigenvalue weighted by Gasteiger charge is 2.44. The summed E-state index contributed by atoms with van der Waals surface area (Å²) in [5, 5.41) is 0. The molecule has 3 rings (SSSR count). The lowest BCUT2D eigenvalue weighted by atomic mass is 9.92. The van der Waals surface area contributed by atoms with E-state index in [-0.39, 0.29) is 24.3 Å². The van der Waals surface area contributed by atoms with Gasteiger partial charge in [-0.1, -0.05) is 6.07 Å². The molecule has 2 amide bonds. The lowest BCUT2D eigenvalue weighted by Gasteiger charge is -2.32. The lowest BCUT2D eigenvalue weighted by Crippen LogP contribution is -2.44. The highest BCUT2D eigenvalue weighted by atomic mass is 16.5. The van der Waals surface area contributed by atoms with E-state index in [2.05, 4.69) is 0 Å². The van der Waals surface area contributed by atoms with E-state index in [0.717, 1.165) is 5.56 Å². The van der Waals surface area contributed by atoms with Gasteiger partial charge in [0, 0.05) is 26.6 Å². The van der Waals surface area contributed by atoms with Crippen LogP contribution in [-0.4, -0.2) is 69.2 Å². The molecule has 2 heterocycles. The summed E-state index contributed by atoms with van der Waals surface area (Å²) in [6, 6.07) is 5.24. The molecule has 1 aromatic rings. The third-order valence-corrected chi connectivity index (χ3v) is 4.98. The molecule has 2 fully saturated rings. The summed E-state index contributed by atoms with van der Waals surface area (Å²) in [4.78, 5) is 28.8. The van der Waals surface area contributed by atoms with E-state index in [1.807, 2.05) is 12.1 Å². The first-order chi connectivity index (χ1) is 12.1. The van der Waals surface area contributed by atoms with Gasteiger partial charge in [0.2, 0.25) is 11.8 Å². The van der Waals surface area contributed by atoms with Gasteiger partial charge in [0.15, 0.2) is 11.5 Å². The smallest absolute Gasteiger partial charge is 0.228 e. The molecule has 2 unspecified atom stereocenters. The lowest BCUT2D eigenvalue weighted by molar-refractivity contribution is -0.140. The molecule has 0 spiro atoms. The van der Waals surface area contributed by atoms with Crippen molar-refractivity contribution in [2.45, 2.75) is 12.5 Å². The van der Waals surface area contributed by atoms with Crippen LogP contribution in [0.5, 0.6) is 11.5 Å². The third-order valence-electron chi connectivity index (χ3n) is 4.98. The van der Waals surface area contributed by atoms with Crippen molar-refractivity contribution in [2.24, 2.45) is 5.92 Å². The molecular weight excluding hydrogens is 324 g/mol. The number of carbonyl (C=O) groups excluding carboxylic acids is 2. The van der Waals surface area contributed by atoms with Gasteiger partial charge in [-0.2, -0.15) is 0 Å². The van der Waals surface area contributed by atoms with Crippen molar-refractivity contribution in [1.29, 1.82) is 0 Å². The Morgan fingerprint density at radius 1 is 1.16 bits per heavy atom. The monoisotopic (exact) mass is 348 g/mol. The molecule has 25 heavy (non-hydrogen) atoms. The van der Waals surface area contributed by atoms with Crippen LogP contribution in [0, 0.1) is 5.92 Å².